The fraction of sp³-hybridized carbons (Fsp3) is 0.458. The number of fused-ring (bicyclic) bond motifs is 1. The summed E-state index contributed by atoms with van der Waals surface area (Å²) in [7, 11) is -1.80. The predicted octanol–water partition coefficient (Wildman–Crippen LogP) is 3.09. The van der Waals surface area contributed by atoms with Crippen LogP contribution in [0.3, 0.4) is 0 Å². The molecule has 7 nitrogen and oxygen atoms in total. The summed E-state index contributed by atoms with van der Waals surface area (Å²) in [5.41, 5.74) is 3.29. The molecule has 0 radical (unpaired) electrons. The third-order valence-electron chi connectivity index (χ3n) is 5.92. The first-order chi connectivity index (χ1) is 15.3. The van der Waals surface area contributed by atoms with Crippen molar-refractivity contribution in [2.75, 3.05) is 25.7 Å². The molecule has 1 fully saturated rings. The topological polar surface area (TPSA) is 84.9 Å². The lowest BCUT2D eigenvalue weighted by Gasteiger charge is -2.28. The van der Waals surface area contributed by atoms with Crippen LogP contribution in [0.4, 0.5) is 0 Å². The molecule has 1 aliphatic carbocycles. The molecular formula is C24H30N2O5S. The number of benzene rings is 2. The average molecular weight is 459 g/mol. The van der Waals surface area contributed by atoms with Crippen molar-refractivity contribution in [1.82, 2.24) is 10.2 Å². The van der Waals surface area contributed by atoms with Crippen LogP contribution >= 0.6 is 0 Å². The van der Waals surface area contributed by atoms with Gasteiger partial charge in [-0.15, -0.1) is 0 Å². The van der Waals surface area contributed by atoms with Crippen LogP contribution in [0.1, 0.15) is 52.9 Å². The Labute approximate surface area is 189 Å². The highest BCUT2D eigenvalue weighted by Crippen LogP contribution is 2.37. The van der Waals surface area contributed by atoms with Gasteiger partial charge in [-0.3, -0.25) is 4.79 Å². The van der Waals surface area contributed by atoms with Gasteiger partial charge in [0, 0.05) is 31.0 Å². The Morgan fingerprint density at radius 1 is 1.19 bits per heavy atom. The minimum Gasteiger partial charge on any atom is -0.493 e. The maximum Gasteiger partial charge on any atom is 0.255 e. The lowest BCUT2D eigenvalue weighted by molar-refractivity contribution is 0.0717. The molecular weight excluding hydrogens is 428 g/mol. The monoisotopic (exact) mass is 458 g/mol. The van der Waals surface area contributed by atoms with Crippen LogP contribution in [0.25, 0.3) is 0 Å². The molecule has 1 atom stereocenters. The number of amides is 1. The van der Waals surface area contributed by atoms with E-state index in [0.717, 1.165) is 11.1 Å². The largest absolute Gasteiger partial charge is 0.493 e. The summed E-state index contributed by atoms with van der Waals surface area (Å²) in [5, 5.41) is 3.47. The van der Waals surface area contributed by atoms with Gasteiger partial charge >= 0.3 is 0 Å². The number of nitrogens with one attached hydrogen (secondary N) is 1. The molecule has 0 bridgehead atoms. The first kappa shape index (κ1) is 22.6. The fourth-order valence-electron chi connectivity index (χ4n) is 4.22. The molecule has 1 heterocycles. The first-order valence-corrected chi connectivity index (χ1v) is 13.0. The second-order valence-corrected chi connectivity index (χ2v) is 10.7. The van der Waals surface area contributed by atoms with Gasteiger partial charge in [-0.1, -0.05) is 24.3 Å². The highest BCUT2D eigenvalue weighted by molar-refractivity contribution is 7.90. The molecule has 172 valence electrons. The standard InChI is InChI=1S/C24H30N2O5S/c1-4-31-22-12-16(8-11-21(22)30-2)20(15-32(3,28)29)26-14-18-7-5-6-17(23(18)24(26)27)13-25-19-9-10-19/h5-8,11-12,19-20,25H,4,9-10,13-15H2,1-3H3. The molecule has 32 heavy (non-hydrogen) atoms. The van der Waals surface area contributed by atoms with E-state index in [4.69, 9.17) is 9.47 Å². The maximum absolute atomic E-state index is 13.6. The van der Waals surface area contributed by atoms with Crippen LogP contribution in [0, 0.1) is 0 Å². The number of ether oxygens (including phenoxy) is 2. The maximum atomic E-state index is 13.6. The van der Waals surface area contributed by atoms with E-state index >= 15 is 0 Å². The van der Waals surface area contributed by atoms with E-state index in [2.05, 4.69) is 5.32 Å². The summed E-state index contributed by atoms with van der Waals surface area (Å²) in [6.45, 7) is 3.34. The van der Waals surface area contributed by atoms with Gasteiger partial charge in [0.2, 0.25) is 0 Å². The minimum absolute atomic E-state index is 0.129. The van der Waals surface area contributed by atoms with E-state index < -0.39 is 15.9 Å². The number of carbonyl (C=O) groups is 1. The molecule has 1 aliphatic heterocycles. The Morgan fingerprint density at radius 2 is 1.97 bits per heavy atom. The Morgan fingerprint density at radius 3 is 2.62 bits per heavy atom. The SMILES string of the molecule is CCOc1cc(C(CS(C)(=O)=O)N2Cc3cccc(CNC4CC4)c3C2=O)ccc1OC. The second-order valence-electron chi connectivity index (χ2n) is 8.49. The summed E-state index contributed by atoms with van der Waals surface area (Å²) in [6.07, 6.45) is 3.54. The number of nitrogens with zero attached hydrogens (tertiary/aromatic N) is 1. The molecule has 1 saturated carbocycles. The van der Waals surface area contributed by atoms with Crippen molar-refractivity contribution in [3.63, 3.8) is 0 Å². The quantitative estimate of drug-likeness (QED) is 0.589. The van der Waals surface area contributed by atoms with E-state index in [1.54, 1.807) is 24.1 Å². The highest BCUT2D eigenvalue weighted by atomic mass is 32.2. The van der Waals surface area contributed by atoms with E-state index in [-0.39, 0.29) is 11.7 Å². The molecule has 2 aliphatic rings. The number of sulfone groups is 1. The molecule has 1 amide bonds. The van der Waals surface area contributed by atoms with E-state index in [9.17, 15) is 13.2 Å². The summed E-state index contributed by atoms with van der Waals surface area (Å²) >= 11 is 0. The molecule has 0 spiro atoms. The third-order valence-corrected chi connectivity index (χ3v) is 6.84. The summed E-state index contributed by atoms with van der Waals surface area (Å²) in [4.78, 5) is 15.2. The summed E-state index contributed by atoms with van der Waals surface area (Å²) in [6, 6.07) is 11.1. The van der Waals surface area contributed by atoms with Crippen LogP contribution in [0.2, 0.25) is 0 Å². The van der Waals surface area contributed by atoms with Gasteiger partial charge in [0.25, 0.3) is 5.91 Å². The Balaban J connectivity index is 1.69. The molecule has 1 unspecified atom stereocenters. The Bertz CT molecular complexity index is 1110. The fourth-order valence-corrected chi connectivity index (χ4v) is 5.17. The Kier molecular flexibility index (Phi) is 6.44. The van der Waals surface area contributed by atoms with Gasteiger partial charge in [0.1, 0.15) is 9.84 Å². The van der Waals surface area contributed by atoms with Gasteiger partial charge < -0.3 is 19.7 Å². The Hall–Kier alpha value is -2.58. The van der Waals surface area contributed by atoms with Gasteiger partial charge in [0.15, 0.2) is 11.5 Å². The molecule has 0 aromatic heterocycles. The second kappa shape index (κ2) is 9.11. The van der Waals surface area contributed by atoms with Crippen LogP contribution in [-0.4, -0.2) is 51.0 Å². The van der Waals surface area contributed by atoms with Crippen molar-refractivity contribution >= 4 is 15.7 Å². The van der Waals surface area contributed by atoms with Crippen LogP contribution in [-0.2, 0) is 22.9 Å². The zero-order chi connectivity index (χ0) is 22.9. The van der Waals surface area contributed by atoms with Crippen molar-refractivity contribution in [3.8, 4) is 11.5 Å². The van der Waals surface area contributed by atoms with Gasteiger partial charge in [-0.2, -0.15) is 0 Å². The van der Waals surface area contributed by atoms with Gasteiger partial charge in [-0.25, -0.2) is 8.42 Å². The zero-order valence-electron chi connectivity index (χ0n) is 18.8. The van der Waals surface area contributed by atoms with Crippen LogP contribution in [0.15, 0.2) is 36.4 Å². The van der Waals surface area contributed by atoms with E-state index in [1.807, 2.05) is 31.2 Å². The molecule has 4 rings (SSSR count). The normalized spacial score (nSPS) is 16.7. The average Bonchev–Trinajstić information content (AvgIpc) is 3.52. The van der Waals surface area contributed by atoms with Crippen molar-refractivity contribution in [2.24, 2.45) is 0 Å². The number of hydrogen-bond donors (Lipinski definition) is 1. The van der Waals surface area contributed by atoms with Crippen LogP contribution < -0.4 is 14.8 Å². The number of carbonyl (C=O) groups excluding carboxylic acids is 1. The van der Waals surface area contributed by atoms with E-state index in [0.29, 0.717) is 48.4 Å². The van der Waals surface area contributed by atoms with E-state index in [1.165, 1.54) is 19.1 Å². The van der Waals surface area contributed by atoms with Crippen LogP contribution in [0.5, 0.6) is 11.5 Å². The third kappa shape index (κ3) is 4.91. The number of methoxy groups -OCH3 is 1. The smallest absolute Gasteiger partial charge is 0.255 e. The van der Waals surface area contributed by atoms with Gasteiger partial charge in [-0.05, 0) is 48.6 Å². The van der Waals surface area contributed by atoms with Crippen molar-refractivity contribution in [1.29, 1.82) is 0 Å². The molecule has 2 aromatic rings. The van der Waals surface area contributed by atoms with Crippen molar-refractivity contribution in [3.05, 3.63) is 58.7 Å². The van der Waals surface area contributed by atoms with Crippen molar-refractivity contribution < 1.29 is 22.7 Å². The molecule has 0 saturated heterocycles. The lowest BCUT2D eigenvalue weighted by Crippen LogP contribution is -2.34. The van der Waals surface area contributed by atoms with Crippen molar-refractivity contribution in [2.45, 2.75) is 44.9 Å². The molecule has 8 heteroatoms. The minimum atomic E-state index is -3.36. The molecule has 1 N–H and O–H groups in total. The first-order valence-electron chi connectivity index (χ1n) is 10.9. The zero-order valence-corrected chi connectivity index (χ0v) is 19.6. The molecule has 2 aromatic carbocycles. The number of hydrogen-bond acceptors (Lipinski definition) is 6. The van der Waals surface area contributed by atoms with Gasteiger partial charge in [0.05, 0.1) is 25.5 Å². The predicted molar refractivity (Wildman–Crippen MR) is 123 cm³/mol. The lowest BCUT2D eigenvalue weighted by atomic mass is 10.0. The summed E-state index contributed by atoms with van der Waals surface area (Å²) < 4.78 is 35.7. The highest BCUT2D eigenvalue weighted by Gasteiger charge is 2.37. The summed E-state index contributed by atoms with van der Waals surface area (Å²) in [5.74, 6) is 0.804. The number of rotatable bonds is 10.